The van der Waals surface area contributed by atoms with Gasteiger partial charge < -0.3 is 14.2 Å². The molecular formula is C18H23NO4. The lowest BCUT2D eigenvalue weighted by molar-refractivity contribution is -0.128. The summed E-state index contributed by atoms with van der Waals surface area (Å²) in [6.07, 6.45) is 3.82. The number of carbonyl (C=O) groups excluding carboxylic acids is 1. The van der Waals surface area contributed by atoms with Crippen LogP contribution in [0.1, 0.15) is 36.8 Å². The zero-order chi connectivity index (χ0) is 16.8. The summed E-state index contributed by atoms with van der Waals surface area (Å²) in [6, 6.07) is 5.44. The monoisotopic (exact) mass is 317 g/mol. The van der Waals surface area contributed by atoms with E-state index in [2.05, 4.69) is 0 Å². The molecule has 23 heavy (non-hydrogen) atoms. The number of benzene rings is 1. The second-order valence-corrected chi connectivity index (χ2v) is 5.84. The van der Waals surface area contributed by atoms with Gasteiger partial charge in [-0.1, -0.05) is 12.8 Å². The molecule has 0 amide bonds. The molecule has 1 aliphatic carbocycles. The van der Waals surface area contributed by atoms with Gasteiger partial charge in [-0.05, 0) is 37.5 Å². The molecule has 1 aromatic carbocycles. The molecule has 2 rings (SSSR count). The Morgan fingerprint density at radius 2 is 1.83 bits per heavy atom. The van der Waals surface area contributed by atoms with Crippen LogP contribution < -0.4 is 9.47 Å². The zero-order valence-corrected chi connectivity index (χ0v) is 13.9. The third-order valence-corrected chi connectivity index (χ3v) is 4.29. The number of rotatable bonds is 7. The fraction of sp³-hybridized carbons (Fsp3) is 0.556. The lowest BCUT2D eigenvalue weighted by atomic mass is 10.0. The molecular weight excluding hydrogens is 294 g/mol. The molecule has 124 valence electrons. The molecule has 1 fully saturated rings. The van der Waals surface area contributed by atoms with Gasteiger partial charge in [0.2, 0.25) is 0 Å². The van der Waals surface area contributed by atoms with Crippen LogP contribution in [-0.2, 0) is 16.0 Å². The molecule has 0 radical (unpaired) electrons. The van der Waals surface area contributed by atoms with Gasteiger partial charge in [0.25, 0.3) is 5.78 Å². The first kappa shape index (κ1) is 17.3. The topological polar surface area (TPSA) is 68.5 Å². The quantitative estimate of drug-likeness (QED) is 0.723. The number of ether oxygens (including phenoxy) is 3. The van der Waals surface area contributed by atoms with Crippen molar-refractivity contribution in [1.29, 1.82) is 5.26 Å². The van der Waals surface area contributed by atoms with Gasteiger partial charge >= 0.3 is 0 Å². The highest BCUT2D eigenvalue weighted by Gasteiger charge is 2.26. The van der Waals surface area contributed by atoms with Gasteiger partial charge in [-0.3, -0.25) is 4.79 Å². The Kier molecular flexibility index (Phi) is 6.00. The van der Waals surface area contributed by atoms with Gasteiger partial charge in [-0.2, -0.15) is 5.26 Å². The van der Waals surface area contributed by atoms with Gasteiger partial charge in [0.15, 0.2) is 0 Å². The minimum atomic E-state index is -0.736. The summed E-state index contributed by atoms with van der Waals surface area (Å²) in [7, 11) is 3.19. The summed E-state index contributed by atoms with van der Waals surface area (Å²) in [4.78, 5) is 11.9. The lowest BCUT2D eigenvalue weighted by Gasteiger charge is -2.20. The van der Waals surface area contributed by atoms with E-state index in [9.17, 15) is 4.79 Å². The summed E-state index contributed by atoms with van der Waals surface area (Å²) in [6.45, 7) is 1.91. The predicted octanol–water partition coefficient (Wildman–Crippen LogP) is 2.98. The van der Waals surface area contributed by atoms with Crippen molar-refractivity contribution in [3.63, 3.8) is 0 Å². The van der Waals surface area contributed by atoms with Crippen LogP contribution in [0.4, 0.5) is 0 Å². The normalized spacial score (nSPS) is 15.9. The van der Waals surface area contributed by atoms with E-state index >= 15 is 0 Å². The summed E-state index contributed by atoms with van der Waals surface area (Å²) in [5, 5.41) is 8.97. The van der Waals surface area contributed by atoms with Crippen molar-refractivity contribution in [2.75, 3.05) is 14.2 Å². The first-order chi connectivity index (χ1) is 11.1. The molecule has 5 heteroatoms. The van der Waals surface area contributed by atoms with Gasteiger partial charge in [-0.25, -0.2) is 0 Å². The fourth-order valence-electron chi connectivity index (χ4n) is 3.00. The van der Waals surface area contributed by atoms with E-state index in [0.717, 1.165) is 36.8 Å². The summed E-state index contributed by atoms with van der Waals surface area (Å²) in [5.74, 6) is 0.863. The van der Waals surface area contributed by atoms with E-state index in [0.29, 0.717) is 17.9 Å². The molecule has 1 aliphatic rings. The summed E-state index contributed by atoms with van der Waals surface area (Å²) in [5.41, 5.74) is 1.76. The largest absolute Gasteiger partial charge is 0.496 e. The van der Waals surface area contributed by atoms with Crippen molar-refractivity contribution in [3.8, 4) is 17.6 Å². The number of carbonyl (C=O) groups is 1. The summed E-state index contributed by atoms with van der Waals surface area (Å²) >= 11 is 0. The Labute approximate surface area is 137 Å². The summed E-state index contributed by atoms with van der Waals surface area (Å²) < 4.78 is 16.6. The standard InChI is InChI=1S/C18H23NO4/c1-12-16(21-2)8-13(9-17(12)22-3)10-18(15(20)11-19)23-14-6-4-5-7-14/h8-9,14,18H,4-7,10H2,1-3H3. The Hall–Kier alpha value is -2.06. The molecule has 0 saturated heterocycles. The minimum absolute atomic E-state index is 0.0755. The second kappa shape index (κ2) is 7.98. The van der Waals surface area contributed by atoms with E-state index < -0.39 is 11.9 Å². The molecule has 1 saturated carbocycles. The van der Waals surface area contributed by atoms with Crippen LogP contribution in [0.25, 0.3) is 0 Å². The number of hydrogen-bond acceptors (Lipinski definition) is 5. The maximum atomic E-state index is 11.9. The number of Topliss-reactive ketones (excluding diaryl/α,β-unsaturated/α-hetero) is 1. The molecule has 1 unspecified atom stereocenters. The van der Waals surface area contributed by atoms with E-state index in [1.807, 2.05) is 19.1 Å². The third-order valence-electron chi connectivity index (χ3n) is 4.29. The van der Waals surface area contributed by atoms with E-state index in [-0.39, 0.29) is 6.10 Å². The first-order valence-corrected chi connectivity index (χ1v) is 7.90. The van der Waals surface area contributed by atoms with Crippen LogP contribution >= 0.6 is 0 Å². The number of ketones is 1. The second-order valence-electron chi connectivity index (χ2n) is 5.84. The van der Waals surface area contributed by atoms with Crippen molar-refractivity contribution < 1.29 is 19.0 Å². The number of nitriles is 1. The molecule has 0 aliphatic heterocycles. The highest BCUT2D eigenvalue weighted by Crippen LogP contribution is 2.31. The smallest absolute Gasteiger partial charge is 0.260 e. The average molecular weight is 317 g/mol. The molecule has 0 bridgehead atoms. The molecule has 1 atom stereocenters. The van der Waals surface area contributed by atoms with E-state index in [4.69, 9.17) is 19.5 Å². The molecule has 1 aromatic rings. The van der Waals surface area contributed by atoms with Crippen molar-refractivity contribution in [2.45, 2.75) is 51.2 Å². The molecule has 0 N–H and O–H groups in total. The number of nitrogens with zero attached hydrogens (tertiary/aromatic N) is 1. The average Bonchev–Trinajstić information content (AvgIpc) is 3.07. The maximum Gasteiger partial charge on any atom is 0.260 e. The molecule has 0 aromatic heterocycles. The zero-order valence-electron chi connectivity index (χ0n) is 13.9. The van der Waals surface area contributed by atoms with Crippen LogP contribution in [0.2, 0.25) is 0 Å². The van der Waals surface area contributed by atoms with Crippen LogP contribution in [-0.4, -0.2) is 32.2 Å². The number of methoxy groups -OCH3 is 2. The third kappa shape index (κ3) is 4.23. The lowest BCUT2D eigenvalue weighted by Crippen LogP contribution is -2.29. The highest BCUT2D eigenvalue weighted by molar-refractivity contribution is 5.97. The number of hydrogen-bond donors (Lipinski definition) is 0. The van der Waals surface area contributed by atoms with Gasteiger partial charge in [0, 0.05) is 12.0 Å². The van der Waals surface area contributed by atoms with Gasteiger partial charge in [0.1, 0.15) is 23.7 Å². The van der Waals surface area contributed by atoms with Crippen LogP contribution in [0.5, 0.6) is 11.5 Å². The Bertz CT molecular complexity index is 575. The fourth-order valence-corrected chi connectivity index (χ4v) is 3.00. The molecule has 0 spiro atoms. The highest BCUT2D eigenvalue weighted by atomic mass is 16.5. The first-order valence-electron chi connectivity index (χ1n) is 7.90. The SMILES string of the molecule is COc1cc(CC(OC2CCCC2)C(=O)C#N)cc(OC)c1C. The van der Waals surface area contributed by atoms with Gasteiger partial charge in [0.05, 0.1) is 20.3 Å². The van der Waals surface area contributed by atoms with Crippen molar-refractivity contribution in [1.82, 2.24) is 0 Å². The van der Waals surface area contributed by atoms with E-state index in [1.54, 1.807) is 20.3 Å². The van der Waals surface area contributed by atoms with Crippen LogP contribution in [0.3, 0.4) is 0 Å². The van der Waals surface area contributed by atoms with Crippen molar-refractivity contribution in [3.05, 3.63) is 23.3 Å². The van der Waals surface area contributed by atoms with Crippen LogP contribution in [0.15, 0.2) is 12.1 Å². The van der Waals surface area contributed by atoms with Crippen molar-refractivity contribution >= 4 is 5.78 Å². The molecule has 0 heterocycles. The Balaban J connectivity index is 2.21. The molecule has 5 nitrogen and oxygen atoms in total. The van der Waals surface area contributed by atoms with E-state index in [1.165, 1.54) is 0 Å². The van der Waals surface area contributed by atoms with Gasteiger partial charge in [-0.15, -0.1) is 0 Å². The van der Waals surface area contributed by atoms with Crippen molar-refractivity contribution in [2.24, 2.45) is 0 Å². The minimum Gasteiger partial charge on any atom is -0.496 e. The Morgan fingerprint density at radius 1 is 1.26 bits per heavy atom. The Morgan fingerprint density at radius 3 is 2.30 bits per heavy atom. The van der Waals surface area contributed by atoms with Crippen LogP contribution in [0, 0.1) is 18.3 Å². The maximum absolute atomic E-state index is 11.9. The predicted molar refractivity (Wildman–Crippen MR) is 85.7 cm³/mol.